The Kier molecular flexibility index (Phi) is 11.9. The molecule has 0 rings (SSSR count). The van der Waals surface area contributed by atoms with E-state index in [0.717, 1.165) is 45.7 Å². The SMILES string of the molecule is CCNCCCOCCCNC(C)CC. The average Bonchev–Trinajstić information content (AvgIpc) is 2.26. The fraction of sp³-hybridized carbons (Fsp3) is 1.00. The highest BCUT2D eigenvalue weighted by Gasteiger charge is 1.95. The lowest BCUT2D eigenvalue weighted by Crippen LogP contribution is -2.26. The highest BCUT2D eigenvalue weighted by atomic mass is 16.5. The summed E-state index contributed by atoms with van der Waals surface area (Å²) in [4.78, 5) is 0. The van der Waals surface area contributed by atoms with Crippen LogP contribution in [0.15, 0.2) is 0 Å². The quantitative estimate of drug-likeness (QED) is 0.517. The first kappa shape index (κ1) is 14.9. The molecule has 0 bridgehead atoms. The highest BCUT2D eigenvalue weighted by Crippen LogP contribution is 1.89. The van der Waals surface area contributed by atoms with E-state index < -0.39 is 0 Å². The zero-order chi connectivity index (χ0) is 11.4. The van der Waals surface area contributed by atoms with E-state index in [-0.39, 0.29) is 0 Å². The zero-order valence-corrected chi connectivity index (χ0v) is 10.6. The van der Waals surface area contributed by atoms with Gasteiger partial charge in [-0.1, -0.05) is 13.8 Å². The second kappa shape index (κ2) is 12.0. The van der Waals surface area contributed by atoms with Crippen LogP contribution in [0.1, 0.15) is 40.0 Å². The Balaban J connectivity index is 2.92. The van der Waals surface area contributed by atoms with Crippen molar-refractivity contribution in [1.82, 2.24) is 10.6 Å². The van der Waals surface area contributed by atoms with Crippen LogP contribution in [-0.2, 0) is 4.74 Å². The van der Waals surface area contributed by atoms with Gasteiger partial charge in [0.05, 0.1) is 0 Å². The molecule has 0 aromatic carbocycles. The molecule has 3 nitrogen and oxygen atoms in total. The molecule has 1 unspecified atom stereocenters. The van der Waals surface area contributed by atoms with Crippen molar-refractivity contribution in [3.05, 3.63) is 0 Å². The summed E-state index contributed by atoms with van der Waals surface area (Å²) in [5.41, 5.74) is 0. The summed E-state index contributed by atoms with van der Waals surface area (Å²) >= 11 is 0. The Bertz CT molecular complexity index is 120. The maximum Gasteiger partial charge on any atom is 0.0478 e. The van der Waals surface area contributed by atoms with E-state index in [1.54, 1.807) is 0 Å². The lowest BCUT2D eigenvalue weighted by molar-refractivity contribution is 0.128. The molecule has 0 heterocycles. The van der Waals surface area contributed by atoms with Crippen LogP contribution in [0, 0.1) is 0 Å². The molecule has 0 aromatic rings. The molecule has 0 aliphatic heterocycles. The lowest BCUT2D eigenvalue weighted by atomic mass is 10.2. The first-order chi connectivity index (χ1) is 7.31. The summed E-state index contributed by atoms with van der Waals surface area (Å²) < 4.78 is 5.52. The molecule has 0 saturated carbocycles. The molecule has 0 saturated heterocycles. The number of nitrogens with one attached hydrogen (secondary N) is 2. The molecule has 0 radical (unpaired) electrons. The predicted octanol–water partition coefficient (Wildman–Crippen LogP) is 1.78. The Morgan fingerprint density at radius 3 is 2.33 bits per heavy atom. The number of hydrogen-bond donors (Lipinski definition) is 2. The van der Waals surface area contributed by atoms with E-state index in [9.17, 15) is 0 Å². The Morgan fingerprint density at radius 2 is 1.73 bits per heavy atom. The molecule has 2 N–H and O–H groups in total. The van der Waals surface area contributed by atoms with Crippen molar-refractivity contribution in [3.63, 3.8) is 0 Å². The molecule has 15 heavy (non-hydrogen) atoms. The Labute approximate surface area is 95.0 Å². The van der Waals surface area contributed by atoms with Gasteiger partial charge in [0.1, 0.15) is 0 Å². The maximum atomic E-state index is 5.52. The predicted molar refractivity (Wildman–Crippen MR) is 66.4 cm³/mol. The van der Waals surface area contributed by atoms with Crippen molar-refractivity contribution in [2.45, 2.75) is 46.1 Å². The van der Waals surface area contributed by atoms with E-state index in [0.29, 0.717) is 6.04 Å². The first-order valence-corrected chi connectivity index (χ1v) is 6.33. The van der Waals surface area contributed by atoms with Crippen LogP contribution in [-0.4, -0.2) is 38.9 Å². The summed E-state index contributed by atoms with van der Waals surface area (Å²) in [6.07, 6.45) is 3.43. The monoisotopic (exact) mass is 216 g/mol. The van der Waals surface area contributed by atoms with Crippen LogP contribution in [0.2, 0.25) is 0 Å². The number of rotatable bonds is 11. The van der Waals surface area contributed by atoms with Gasteiger partial charge in [0, 0.05) is 19.3 Å². The van der Waals surface area contributed by atoms with E-state index in [2.05, 4.69) is 31.4 Å². The van der Waals surface area contributed by atoms with Crippen molar-refractivity contribution >= 4 is 0 Å². The third kappa shape index (κ3) is 11.8. The van der Waals surface area contributed by atoms with E-state index in [1.807, 2.05) is 0 Å². The van der Waals surface area contributed by atoms with Gasteiger partial charge in [0.2, 0.25) is 0 Å². The molecule has 0 fully saturated rings. The van der Waals surface area contributed by atoms with Gasteiger partial charge >= 0.3 is 0 Å². The summed E-state index contributed by atoms with van der Waals surface area (Å²) in [7, 11) is 0. The van der Waals surface area contributed by atoms with Crippen molar-refractivity contribution in [3.8, 4) is 0 Å². The largest absolute Gasteiger partial charge is 0.381 e. The molecule has 0 aliphatic carbocycles. The smallest absolute Gasteiger partial charge is 0.0478 e. The fourth-order valence-corrected chi connectivity index (χ4v) is 1.25. The minimum Gasteiger partial charge on any atom is -0.381 e. The number of ether oxygens (including phenoxy) is 1. The van der Waals surface area contributed by atoms with Gasteiger partial charge in [0.25, 0.3) is 0 Å². The van der Waals surface area contributed by atoms with Crippen LogP contribution in [0.5, 0.6) is 0 Å². The van der Waals surface area contributed by atoms with Gasteiger partial charge in [-0.3, -0.25) is 0 Å². The van der Waals surface area contributed by atoms with Gasteiger partial charge in [-0.15, -0.1) is 0 Å². The summed E-state index contributed by atoms with van der Waals surface area (Å²) in [6.45, 7) is 11.5. The van der Waals surface area contributed by atoms with Crippen LogP contribution >= 0.6 is 0 Å². The third-order valence-electron chi connectivity index (χ3n) is 2.46. The molecule has 92 valence electrons. The molecule has 1 atom stereocenters. The fourth-order valence-electron chi connectivity index (χ4n) is 1.25. The topological polar surface area (TPSA) is 33.3 Å². The molecular weight excluding hydrogens is 188 g/mol. The van der Waals surface area contributed by atoms with Crippen LogP contribution in [0.25, 0.3) is 0 Å². The molecule has 0 spiro atoms. The van der Waals surface area contributed by atoms with E-state index in [1.165, 1.54) is 6.42 Å². The summed E-state index contributed by atoms with van der Waals surface area (Å²) in [5.74, 6) is 0. The third-order valence-corrected chi connectivity index (χ3v) is 2.46. The summed E-state index contributed by atoms with van der Waals surface area (Å²) in [5, 5.41) is 6.73. The molecule has 0 amide bonds. The zero-order valence-electron chi connectivity index (χ0n) is 10.6. The van der Waals surface area contributed by atoms with E-state index >= 15 is 0 Å². The van der Waals surface area contributed by atoms with Gasteiger partial charge in [-0.2, -0.15) is 0 Å². The minimum absolute atomic E-state index is 0.638. The highest BCUT2D eigenvalue weighted by molar-refractivity contribution is 4.56. The first-order valence-electron chi connectivity index (χ1n) is 6.33. The van der Waals surface area contributed by atoms with Gasteiger partial charge in [-0.25, -0.2) is 0 Å². The van der Waals surface area contributed by atoms with Crippen molar-refractivity contribution < 1.29 is 4.74 Å². The van der Waals surface area contributed by atoms with Crippen molar-refractivity contribution in [2.24, 2.45) is 0 Å². The minimum atomic E-state index is 0.638. The molecule has 0 aliphatic rings. The molecule has 0 aromatic heterocycles. The van der Waals surface area contributed by atoms with Crippen molar-refractivity contribution in [1.29, 1.82) is 0 Å². The van der Waals surface area contributed by atoms with Crippen molar-refractivity contribution in [2.75, 3.05) is 32.8 Å². The normalized spacial score (nSPS) is 13.0. The number of hydrogen-bond acceptors (Lipinski definition) is 3. The van der Waals surface area contributed by atoms with Gasteiger partial charge in [-0.05, 0) is 45.8 Å². The van der Waals surface area contributed by atoms with Gasteiger partial charge in [0.15, 0.2) is 0 Å². The van der Waals surface area contributed by atoms with Crippen LogP contribution < -0.4 is 10.6 Å². The Morgan fingerprint density at radius 1 is 1.07 bits per heavy atom. The van der Waals surface area contributed by atoms with Crippen LogP contribution in [0.3, 0.4) is 0 Å². The Hall–Kier alpha value is -0.120. The maximum absolute atomic E-state index is 5.52. The van der Waals surface area contributed by atoms with Crippen LogP contribution in [0.4, 0.5) is 0 Å². The average molecular weight is 216 g/mol. The second-order valence-corrected chi connectivity index (χ2v) is 3.94. The van der Waals surface area contributed by atoms with E-state index in [4.69, 9.17) is 4.74 Å². The standard InChI is InChI=1S/C12H28N2O/c1-4-12(3)14-9-7-11-15-10-6-8-13-5-2/h12-14H,4-11H2,1-3H3. The molecular formula is C12H28N2O. The van der Waals surface area contributed by atoms with Gasteiger partial charge < -0.3 is 15.4 Å². The molecule has 3 heteroatoms. The summed E-state index contributed by atoms with van der Waals surface area (Å²) in [6, 6.07) is 0.638. The second-order valence-electron chi connectivity index (χ2n) is 3.94. The lowest BCUT2D eigenvalue weighted by Gasteiger charge is -2.10.